The monoisotopic (exact) mass is 344 g/mol. The van der Waals surface area contributed by atoms with E-state index >= 15 is 0 Å². The van der Waals surface area contributed by atoms with E-state index < -0.39 is 0 Å². The molecule has 0 unspecified atom stereocenters. The van der Waals surface area contributed by atoms with Gasteiger partial charge < -0.3 is 9.73 Å². The Balaban J connectivity index is 1.67. The zero-order chi connectivity index (χ0) is 16.2. The molecular formula is C16H12N2O3S2. The van der Waals surface area contributed by atoms with Crippen LogP contribution in [-0.4, -0.2) is 27.6 Å². The number of amides is 2. The van der Waals surface area contributed by atoms with Crippen molar-refractivity contribution in [2.75, 3.05) is 11.9 Å². The Morgan fingerprint density at radius 3 is 2.74 bits per heavy atom. The maximum Gasteiger partial charge on any atom is 0.266 e. The van der Waals surface area contributed by atoms with E-state index in [1.807, 2.05) is 18.2 Å². The maximum absolute atomic E-state index is 12.4. The minimum Gasteiger partial charge on any atom is -0.465 e. The Morgan fingerprint density at radius 1 is 1.26 bits per heavy atom. The molecule has 1 aliphatic heterocycles. The highest BCUT2D eigenvalue weighted by atomic mass is 32.2. The molecule has 0 bridgehead atoms. The van der Waals surface area contributed by atoms with E-state index in [9.17, 15) is 9.59 Å². The van der Waals surface area contributed by atoms with Crippen molar-refractivity contribution in [3.8, 4) is 0 Å². The van der Waals surface area contributed by atoms with Gasteiger partial charge in [0.1, 0.15) is 16.6 Å². The molecule has 0 radical (unpaired) electrons. The molecule has 2 aromatic rings. The number of hydrogen-bond acceptors (Lipinski definition) is 5. The van der Waals surface area contributed by atoms with Crippen LogP contribution in [0.3, 0.4) is 0 Å². The molecule has 23 heavy (non-hydrogen) atoms. The molecule has 1 N–H and O–H groups in total. The topological polar surface area (TPSA) is 62.6 Å². The van der Waals surface area contributed by atoms with Crippen molar-refractivity contribution in [2.45, 2.75) is 0 Å². The number of carbonyl (C=O) groups excluding carboxylic acids is 2. The third kappa shape index (κ3) is 3.69. The van der Waals surface area contributed by atoms with Crippen molar-refractivity contribution in [2.24, 2.45) is 0 Å². The molecule has 1 fully saturated rings. The van der Waals surface area contributed by atoms with Crippen molar-refractivity contribution < 1.29 is 14.0 Å². The number of nitrogens with zero attached hydrogens (tertiary/aromatic N) is 1. The SMILES string of the molecule is O=C(CN1C(=O)/C(=C/c2ccco2)SC1=S)Nc1ccccc1. The van der Waals surface area contributed by atoms with E-state index in [4.69, 9.17) is 16.6 Å². The van der Waals surface area contributed by atoms with Gasteiger partial charge in [-0.15, -0.1) is 0 Å². The van der Waals surface area contributed by atoms with Crippen LogP contribution in [0.5, 0.6) is 0 Å². The van der Waals surface area contributed by atoms with Crippen LogP contribution in [-0.2, 0) is 9.59 Å². The van der Waals surface area contributed by atoms with Gasteiger partial charge in [0.2, 0.25) is 5.91 Å². The number of benzene rings is 1. The maximum atomic E-state index is 12.4. The fourth-order valence-electron chi connectivity index (χ4n) is 2.00. The van der Waals surface area contributed by atoms with Crippen molar-refractivity contribution in [1.29, 1.82) is 0 Å². The van der Waals surface area contributed by atoms with E-state index in [1.165, 1.54) is 11.2 Å². The van der Waals surface area contributed by atoms with Gasteiger partial charge >= 0.3 is 0 Å². The molecule has 0 saturated carbocycles. The summed E-state index contributed by atoms with van der Waals surface area (Å²) in [7, 11) is 0. The predicted octanol–water partition coefficient (Wildman–Crippen LogP) is 3.12. The van der Waals surface area contributed by atoms with Crippen LogP contribution in [0, 0.1) is 0 Å². The summed E-state index contributed by atoms with van der Waals surface area (Å²) in [6, 6.07) is 12.5. The molecule has 116 valence electrons. The van der Waals surface area contributed by atoms with Crippen molar-refractivity contribution in [1.82, 2.24) is 4.90 Å². The second kappa shape index (κ2) is 6.80. The lowest BCUT2D eigenvalue weighted by atomic mass is 10.3. The van der Waals surface area contributed by atoms with E-state index in [-0.39, 0.29) is 18.4 Å². The summed E-state index contributed by atoms with van der Waals surface area (Å²) in [6.07, 6.45) is 3.15. The molecule has 1 saturated heterocycles. The average Bonchev–Trinajstić information content (AvgIpc) is 3.13. The van der Waals surface area contributed by atoms with Crippen LogP contribution in [0.1, 0.15) is 5.76 Å². The number of anilines is 1. The first-order valence-corrected chi connectivity index (χ1v) is 8.00. The van der Waals surface area contributed by atoms with Gasteiger partial charge in [-0.1, -0.05) is 42.2 Å². The number of thiocarbonyl (C=S) groups is 1. The lowest BCUT2D eigenvalue weighted by molar-refractivity contribution is -0.126. The van der Waals surface area contributed by atoms with Gasteiger partial charge in [-0.05, 0) is 24.3 Å². The summed E-state index contributed by atoms with van der Waals surface area (Å²) < 4.78 is 5.55. The third-order valence-corrected chi connectivity index (χ3v) is 4.43. The normalized spacial score (nSPS) is 16.2. The minimum atomic E-state index is -0.299. The second-order valence-electron chi connectivity index (χ2n) is 4.70. The Bertz CT molecular complexity index is 770. The first-order chi connectivity index (χ1) is 11.1. The Labute approximate surface area is 142 Å². The number of para-hydroxylation sites is 1. The number of carbonyl (C=O) groups is 2. The standard InChI is InChI=1S/C16H12N2O3S2/c19-14(17-11-5-2-1-3-6-11)10-18-15(20)13(23-16(18)22)9-12-7-4-8-21-12/h1-9H,10H2,(H,17,19)/b13-9-. The first-order valence-electron chi connectivity index (χ1n) is 6.77. The summed E-state index contributed by atoms with van der Waals surface area (Å²) in [4.78, 5) is 26.2. The molecule has 0 atom stereocenters. The molecule has 0 aliphatic carbocycles. The van der Waals surface area contributed by atoms with E-state index in [1.54, 1.807) is 30.3 Å². The summed E-state index contributed by atoms with van der Waals surface area (Å²) in [5, 5.41) is 2.73. The molecule has 0 spiro atoms. The Morgan fingerprint density at radius 2 is 2.04 bits per heavy atom. The average molecular weight is 344 g/mol. The zero-order valence-corrected chi connectivity index (χ0v) is 13.5. The molecule has 1 aromatic carbocycles. The fraction of sp³-hybridized carbons (Fsp3) is 0.0625. The Kier molecular flexibility index (Phi) is 4.59. The number of nitrogens with one attached hydrogen (secondary N) is 1. The first kappa shape index (κ1) is 15.5. The van der Waals surface area contributed by atoms with Crippen molar-refractivity contribution in [3.05, 3.63) is 59.4 Å². The minimum absolute atomic E-state index is 0.116. The number of furan rings is 1. The van der Waals surface area contributed by atoms with Crippen molar-refractivity contribution >= 4 is 51.9 Å². The Hall–Kier alpha value is -2.38. The number of thioether (sulfide) groups is 1. The lowest BCUT2D eigenvalue weighted by Crippen LogP contribution is -2.36. The molecule has 5 nitrogen and oxygen atoms in total. The van der Waals surface area contributed by atoms with Crippen LogP contribution in [0.15, 0.2) is 58.1 Å². The highest BCUT2D eigenvalue weighted by Gasteiger charge is 2.33. The molecule has 2 heterocycles. The molecule has 2 amide bonds. The highest BCUT2D eigenvalue weighted by Crippen LogP contribution is 2.32. The number of hydrogen-bond donors (Lipinski definition) is 1. The zero-order valence-electron chi connectivity index (χ0n) is 11.9. The van der Waals surface area contributed by atoms with Crippen molar-refractivity contribution in [3.63, 3.8) is 0 Å². The van der Waals surface area contributed by atoms with E-state index in [0.717, 1.165) is 11.8 Å². The summed E-state index contributed by atoms with van der Waals surface area (Å²) in [5.41, 5.74) is 0.675. The second-order valence-corrected chi connectivity index (χ2v) is 6.37. The quantitative estimate of drug-likeness (QED) is 0.682. The van der Waals surface area contributed by atoms with Gasteiger partial charge in [-0.3, -0.25) is 14.5 Å². The van der Waals surface area contributed by atoms with Crippen LogP contribution >= 0.6 is 24.0 Å². The molecule has 3 rings (SSSR count). The van der Waals surface area contributed by atoms with E-state index in [2.05, 4.69) is 5.32 Å². The highest BCUT2D eigenvalue weighted by molar-refractivity contribution is 8.26. The van der Waals surface area contributed by atoms with Crippen LogP contribution < -0.4 is 5.32 Å². The van der Waals surface area contributed by atoms with Gasteiger partial charge in [0.05, 0.1) is 11.2 Å². The van der Waals surface area contributed by atoms with Gasteiger partial charge in [0.25, 0.3) is 5.91 Å². The van der Waals surface area contributed by atoms with Gasteiger partial charge in [0.15, 0.2) is 0 Å². The van der Waals surface area contributed by atoms with Crippen LogP contribution in [0.4, 0.5) is 5.69 Å². The molecule has 7 heteroatoms. The fourth-order valence-corrected chi connectivity index (χ4v) is 3.24. The molecule has 1 aromatic heterocycles. The van der Waals surface area contributed by atoms with E-state index in [0.29, 0.717) is 20.7 Å². The van der Waals surface area contributed by atoms with Crippen LogP contribution in [0.25, 0.3) is 6.08 Å². The van der Waals surface area contributed by atoms with Gasteiger partial charge in [-0.25, -0.2) is 0 Å². The summed E-state index contributed by atoms with van der Waals surface area (Å²) in [5.74, 6) is -0.0226. The summed E-state index contributed by atoms with van der Waals surface area (Å²) in [6.45, 7) is -0.116. The largest absolute Gasteiger partial charge is 0.465 e. The third-order valence-electron chi connectivity index (χ3n) is 3.05. The predicted molar refractivity (Wildman–Crippen MR) is 93.7 cm³/mol. The summed E-state index contributed by atoms with van der Waals surface area (Å²) >= 11 is 6.35. The van der Waals surface area contributed by atoms with Gasteiger partial charge in [-0.2, -0.15) is 0 Å². The molecular weight excluding hydrogens is 332 g/mol. The lowest BCUT2D eigenvalue weighted by Gasteiger charge is -2.14. The van der Waals surface area contributed by atoms with Crippen LogP contribution in [0.2, 0.25) is 0 Å². The van der Waals surface area contributed by atoms with Gasteiger partial charge in [0, 0.05) is 11.8 Å². The molecule has 1 aliphatic rings. The smallest absolute Gasteiger partial charge is 0.266 e. The number of rotatable bonds is 4.